The summed E-state index contributed by atoms with van der Waals surface area (Å²) in [5.74, 6) is -0.956. The van der Waals surface area contributed by atoms with Crippen LogP contribution in [0.5, 0.6) is 0 Å². The van der Waals surface area contributed by atoms with Gasteiger partial charge in [-0.05, 0) is 28.7 Å². The maximum atomic E-state index is 11.0. The Balaban J connectivity index is 2.55. The van der Waals surface area contributed by atoms with Crippen molar-refractivity contribution in [3.05, 3.63) is 63.7 Å². The number of nitro groups is 1. The molecule has 0 fully saturated rings. The smallest absolute Gasteiger partial charge is 0.342 e. The molecule has 0 saturated heterocycles. The third kappa shape index (κ3) is 3.08. The number of nitrogens with zero attached hydrogens (tertiary/aromatic N) is 1. The number of carboxylic acid groups (broad SMARTS) is 1. The van der Waals surface area contributed by atoms with E-state index in [1.54, 1.807) is 6.07 Å². The van der Waals surface area contributed by atoms with Crippen LogP contribution in [0.4, 0.5) is 5.69 Å². The van der Waals surface area contributed by atoms with Crippen LogP contribution in [0.25, 0.3) is 11.1 Å². The van der Waals surface area contributed by atoms with E-state index in [-0.39, 0.29) is 5.56 Å². The minimum atomic E-state index is -1.30. The molecule has 0 spiro atoms. The van der Waals surface area contributed by atoms with E-state index >= 15 is 0 Å². The Morgan fingerprint density at radius 2 is 1.81 bits per heavy atom. The molecule has 0 aromatic heterocycles. The highest BCUT2D eigenvalue weighted by Crippen LogP contribution is 2.29. The van der Waals surface area contributed by atoms with Gasteiger partial charge in [0.2, 0.25) is 0 Å². The van der Waals surface area contributed by atoms with Crippen LogP contribution in [0.15, 0.2) is 42.5 Å². The minimum absolute atomic E-state index is 0.302. The number of nitro benzene ring substituents is 1. The molecule has 2 rings (SSSR count). The highest BCUT2D eigenvalue weighted by molar-refractivity contribution is 5.93. The molecule has 108 valence electrons. The van der Waals surface area contributed by atoms with Crippen LogP contribution in [0, 0.1) is 10.1 Å². The molecular formula is C16H15NO4. The predicted molar refractivity (Wildman–Crippen MR) is 79.6 cm³/mol. The fourth-order valence-electron chi connectivity index (χ4n) is 2.12. The van der Waals surface area contributed by atoms with E-state index < -0.39 is 16.6 Å². The first kappa shape index (κ1) is 14.7. The van der Waals surface area contributed by atoms with Crippen molar-refractivity contribution in [3.8, 4) is 11.1 Å². The summed E-state index contributed by atoms with van der Waals surface area (Å²) in [6.45, 7) is 4.13. The Kier molecular flexibility index (Phi) is 4.03. The number of rotatable bonds is 4. The van der Waals surface area contributed by atoms with Crippen molar-refractivity contribution in [2.45, 2.75) is 19.8 Å². The molecule has 0 radical (unpaired) electrons. The molecule has 0 atom stereocenters. The summed E-state index contributed by atoms with van der Waals surface area (Å²) in [4.78, 5) is 21.4. The van der Waals surface area contributed by atoms with Gasteiger partial charge in [0.25, 0.3) is 5.69 Å². The molecule has 0 unspecified atom stereocenters. The normalized spacial score (nSPS) is 10.6. The van der Waals surface area contributed by atoms with Gasteiger partial charge in [-0.3, -0.25) is 10.1 Å². The second kappa shape index (κ2) is 5.75. The average molecular weight is 285 g/mol. The summed E-state index contributed by atoms with van der Waals surface area (Å²) in [5.41, 5.74) is 1.90. The number of aromatic carboxylic acids is 1. The van der Waals surface area contributed by atoms with Crippen molar-refractivity contribution < 1.29 is 14.8 Å². The third-order valence-electron chi connectivity index (χ3n) is 3.31. The highest BCUT2D eigenvalue weighted by atomic mass is 16.6. The van der Waals surface area contributed by atoms with Crippen LogP contribution < -0.4 is 0 Å². The Labute approximate surface area is 122 Å². The summed E-state index contributed by atoms with van der Waals surface area (Å²) in [6, 6.07) is 11.9. The van der Waals surface area contributed by atoms with E-state index in [2.05, 4.69) is 13.8 Å². The lowest BCUT2D eigenvalue weighted by Crippen LogP contribution is -2.02. The molecule has 5 nitrogen and oxygen atoms in total. The van der Waals surface area contributed by atoms with Crippen molar-refractivity contribution >= 4 is 11.7 Å². The maximum absolute atomic E-state index is 11.0. The third-order valence-corrected chi connectivity index (χ3v) is 3.31. The van der Waals surface area contributed by atoms with Crippen LogP contribution >= 0.6 is 0 Å². The molecule has 0 amide bonds. The molecule has 0 aliphatic carbocycles. The lowest BCUT2D eigenvalue weighted by molar-refractivity contribution is -0.385. The Morgan fingerprint density at radius 1 is 1.14 bits per heavy atom. The average Bonchev–Trinajstić information content (AvgIpc) is 2.46. The lowest BCUT2D eigenvalue weighted by Gasteiger charge is -2.09. The quantitative estimate of drug-likeness (QED) is 0.677. The van der Waals surface area contributed by atoms with Crippen LogP contribution in [-0.4, -0.2) is 16.0 Å². The molecule has 0 saturated carbocycles. The van der Waals surface area contributed by atoms with Crippen molar-refractivity contribution in [1.29, 1.82) is 0 Å². The maximum Gasteiger partial charge on any atom is 0.342 e. The van der Waals surface area contributed by atoms with Gasteiger partial charge in [-0.15, -0.1) is 0 Å². The number of benzene rings is 2. The molecule has 1 N–H and O–H groups in total. The minimum Gasteiger partial charge on any atom is -0.477 e. The van der Waals surface area contributed by atoms with E-state index in [0.29, 0.717) is 11.5 Å². The summed E-state index contributed by atoms with van der Waals surface area (Å²) in [6.07, 6.45) is 0. The fourth-order valence-corrected chi connectivity index (χ4v) is 2.12. The van der Waals surface area contributed by atoms with E-state index in [1.165, 1.54) is 12.1 Å². The van der Waals surface area contributed by atoms with Gasteiger partial charge in [0.05, 0.1) is 4.92 Å². The van der Waals surface area contributed by atoms with Crippen LogP contribution in [0.2, 0.25) is 0 Å². The standard InChI is InChI=1S/C16H15NO4/c1-10(2)11-4-3-5-12(8-11)13-6-7-14(16(18)19)15(9-13)17(20)21/h3-10H,1-2H3,(H,18,19). The highest BCUT2D eigenvalue weighted by Gasteiger charge is 2.20. The first-order valence-corrected chi connectivity index (χ1v) is 6.52. The predicted octanol–water partition coefficient (Wildman–Crippen LogP) is 4.08. The van der Waals surface area contributed by atoms with Crippen LogP contribution in [-0.2, 0) is 0 Å². The van der Waals surface area contributed by atoms with E-state index in [4.69, 9.17) is 5.11 Å². The van der Waals surface area contributed by atoms with Crippen molar-refractivity contribution in [1.82, 2.24) is 0 Å². The van der Waals surface area contributed by atoms with Gasteiger partial charge in [0, 0.05) is 6.07 Å². The first-order valence-electron chi connectivity index (χ1n) is 6.52. The molecule has 21 heavy (non-hydrogen) atoms. The monoisotopic (exact) mass is 285 g/mol. The zero-order valence-corrected chi connectivity index (χ0v) is 11.7. The SMILES string of the molecule is CC(C)c1cccc(-c2ccc(C(=O)O)c([N+](=O)[O-])c2)c1. The Bertz CT molecular complexity index is 707. The van der Waals surface area contributed by atoms with Crippen molar-refractivity contribution in [3.63, 3.8) is 0 Å². The van der Waals surface area contributed by atoms with Gasteiger partial charge in [0.15, 0.2) is 0 Å². The topological polar surface area (TPSA) is 80.4 Å². The molecule has 0 bridgehead atoms. The number of hydrogen-bond donors (Lipinski definition) is 1. The van der Waals surface area contributed by atoms with E-state index in [9.17, 15) is 14.9 Å². The van der Waals surface area contributed by atoms with Gasteiger partial charge in [0.1, 0.15) is 5.56 Å². The zero-order valence-electron chi connectivity index (χ0n) is 11.7. The number of carboxylic acids is 1. The molecule has 0 aliphatic rings. The first-order chi connectivity index (χ1) is 9.90. The fraction of sp³-hybridized carbons (Fsp3) is 0.188. The van der Waals surface area contributed by atoms with Crippen LogP contribution in [0.3, 0.4) is 0 Å². The number of hydrogen-bond acceptors (Lipinski definition) is 3. The van der Waals surface area contributed by atoms with Gasteiger partial charge >= 0.3 is 5.97 Å². The largest absolute Gasteiger partial charge is 0.477 e. The van der Waals surface area contributed by atoms with Gasteiger partial charge in [-0.1, -0.05) is 44.2 Å². The van der Waals surface area contributed by atoms with E-state index in [0.717, 1.165) is 11.1 Å². The summed E-state index contributed by atoms with van der Waals surface area (Å²) in [5, 5.41) is 20.0. The summed E-state index contributed by atoms with van der Waals surface area (Å²) in [7, 11) is 0. The second-order valence-corrected chi connectivity index (χ2v) is 5.07. The second-order valence-electron chi connectivity index (χ2n) is 5.07. The van der Waals surface area contributed by atoms with Crippen molar-refractivity contribution in [2.75, 3.05) is 0 Å². The van der Waals surface area contributed by atoms with Gasteiger partial charge in [-0.25, -0.2) is 4.79 Å². The van der Waals surface area contributed by atoms with Crippen molar-refractivity contribution in [2.24, 2.45) is 0 Å². The number of carbonyl (C=O) groups is 1. The molecular weight excluding hydrogens is 270 g/mol. The lowest BCUT2D eigenvalue weighted by atomic mass is 9.96. The Hall–Kier alpha value is -2.69. The molecule has 0 heterocycles. The van der Waals surface area contributed by atoms with Gasteiger partial charge in [-0.2, -0.15) is 0 Å². The summed E-state index contributed by atoms with van der Waals surface area (Å²) >= 11 is 0. The molecule has 5 heteroatoms. The zero-order chi connectivity index (χ0) is 15.6. The summed E-state index contributed by atoms with van der Waals surface area (Å²) < 4.78 is 0. The molecule has 0 aliphatic heterocycles. The van der Waals surface area contributed by atoms with Gasteiger partial charge < -0.3 is 5.11 Å². The van der Waals surface area contributed by atoms with Crippen LogP contribution in [0.1, 0.15) is 35.7 Å². The van der Waals surface area contributed by atoms with E-state index in [1.807, 2.05) is 24.3 Å². The Morgan fingerprint density at radius 3 is 2.38 bits per heavy atom. The molecule has 2 aromatic carbocycles. The molecule has 2 aromatic rings.